The van der Waals surface area contributed by atoms with Crippen LogP contribution >= 0.6 is 11.3 Å². The largest absolute Gasteiger partial charge is 0.456 e. The minimum Gasteiger partial charge on any atom is -0.456 e. The van der Waals surface area contributed by atoms with Gasteiger partial charge in [-0.3, -0.25) is 0 Å². The molecule has 0 spiro atoms. The maximum absolute atomic E-state index is 6.24. The standard InChI is InChI=1S/C42H24N4OS/c1-2-10-27(11-3-1)42-43-34-22-21-26-18-20-30(24-33(26)38(34)48-42)40-44-39(29-19-17-25-9-4-5-12-28(25)23-29)45-41(46-40)32-14-8-16-36-37(32)31-13-6-7-15-35(31)47-36/h1-24H. The summed E-state index contributed by atoms with van der Waals surface area (Å²) in [7, 11) is 0. The third kappa shape index (κ3) is 4.38. The van der Waals surface area contributed by atoms with E-state index in [0.717, 1.165) is 75.6 Å². The monoisotopic (exact) mass is 632 g/mol. The third-order valence-electron chi connectivity index (χ3n) is 8.94. The molecule has 0 unspecified atom stereocenters. The number of para-hydroxylation sites is 1. The Balaban J connectivity index is 1.21. The van der Waals surface area contributed by atoms with Crippen LogP contribution in [0, 0.1) is 0 Å². The Morgan fingerprint density at radius 3 is 2.00 bits per heavy atom. The van der Waals surface area contributed by atoms with Gasteiger partial charge in [0.2, 0.25) is 0 Å². The SMILES string of the molecule is c1ccc(-c2nc3ccc4ccc(-c5nc(-c6ccc7ccccc7c6)nc(-c6cccc7oc8ccccc8c67)n5)cc4c3s2)cc1. The fourth-order valence-corrected chi connectivity index (χ4v) is 7.69. The van der Waals surface area contributed by atoms with Crippen molar-refractivity contribution in [1.82, 2.24) is 19.9 Å². The second kappa shape index (κ2) is 10.7. The molecule has 3 heterocycles. The summed E-state index contributed by atoms with van der Waals surface area (Å²) in [5, 5.41) is 7.61. The lowest BCUT2D eigenvalue weighted by molar-refractivity contribution is 0.669. The van der Waals surface area contributed by atoms with E-state index in [-0.39, 0.29) is 0 Å². The van der Waals surface area contributed by atoms with E-state index in [1.54, 1.807) is 11.3 Å². The van der Waals surface area contributed by atoms with E-state index in [2.05, 4.69) is 109 Å². The van der Waals surface area contributed by atoms with Gasteiger partial charge < -0.3 is 4.42 Å². The van der Waals surface area contributed by atoms with Gasteiger partial charge in [0.15, 0.2) is 17.5 Å². The van der Waals surface area contributed by atoms with Crippen molar-refractivity contribution in [2.45, 2.75) is 0 Å². The molecule has 0 saturated heterocycles. The predicted octanol–water partition coefficient (Wildman–Crippen LogP) is 11.4. The number of hydrogen-bond acceptors (Lipinski definition) is 6. The molecule has 7 aromatic carbocycles. The summed E-state index contributed by atoms with van der Waals surface area (Å²) in [6.45, 7) is 0. The molecule has 6 heteroatoms. The maximum Gasteiger partial charge on any atom is 0.164 e. The average Bonchev–Trinajstić information content (AvgIpc) is 3.77. The first-order valence-electron chi connectivity index (χ1n) is 15.8. The summed E-state index contributed by atoms with van der Waals surface area (Å²) in [4.78, 5) is 20.4. The molecule has 0 N–H and O–H groups in total. The van der Waals surface area contributed by atoms with Crippen molar-refractivity contribution < 1.29 is 4.42 Å². The van der Waals surface area contributed by atoms with Crippen LogP contribution in [0.5, 0.6) is 0 Å². The summed E-state index contributed by atoms with van der Waals surface area (Å²) < 4.78 is 7.38. The van der Waals surface area contributed by atoms with E-state index in [0.29, 0.717) is 17.5 Å². The summed E-state index contributed by atoms with van der Waals surface area (Å²) in [6.07, 6.45) is 0. The number of benzene rings is 7. The van der Waals surface area contributed by atoms with Crippen molar-refractivity contribution in [3.63, 3.8) is 0 Å². The fourth-order valence-electron chi connectivity index (χ4n) is 6.59. The lowest BCUT2D eigenvalue weighted by atomic mass is 10.0. The van der Waals surface area contributed by atoms with Crippen LogP contribution in [0.3, 0.4) is 0 Å². The van der Waals surface area contributed by atoms with Gasteiger partial charge >= 0.3 is 0 Å². The molecule has 0 aliphatic heterocycles. The normalized spacial score (nSPS) is 11.8. The Hall–Kier alpha value is -6.24. The molecule has 0 bridgehead atoms. The first-order chi connectivity index (χ1) is 23.7. The third-order valence-corrected chi connectivity index (χ3v) is 10.1. The van der Waals surface area contributed by atoms with Crippen molar-refractivity contribution in [2.24, 2.45) is 0 Å². The van der Waals surface area contributed by atoms with E-state index < -0.39 is 0 Å². The molecule has 224 valence electrons. The van der Waals surface area contributed by atoms with E-state index in [9.17, 15) is 0 Å². The van der Waals surface area contributed by atoms with Crippen molar-refractivity contribution in [3.05, 3.63) is 146 Å². The van der Waals surface area contributed by atoms with E-state index in [1.165, 1.54) is 5.39 Å². The van der Waals surface area contributed by atoms with Crippen LogP contribution in [0.2, 0.25) is 0 Å². The van der Waals surface area contributed by atoms with Crippen LogP contribution in [0.4, 0.5) is 0 Å². The summed E-state index contributed by atoms with van der Waals surface area (Å²) in [6, 6.07) is 49.9. The van der Waals surface area contributed by atoms with Gasteiger partial charge in [0.25, 0.3) is 0 Å². The number of fused-ring (bicyclic) bond motifs is 7. The minimum absolute atomic E-state index is 0.600. The maximum atomic E-state index is 6.24. The van der Waals surface area contributed by atoms with Crippen LogP contribution < -0.4 is 0 Å². The molecule has 10 rings (SSSR count). The topological polar surface area (TPSA) is 64.7 Å². The lowest BCUT2D eigenvalue weighted by Crippen LogP contribution is -2.00. The van der Waals surface area contributed by atoms with Gasteiger partial charge in [-0.25, -0.2) is 19.9 Å². The zero-order valence-corrected chi connectivity index (χ0v) is 26.3. The fraction of sp³-hybridized carbons (Fsp3) is 0. The summed E-state index contributed by atoms with van der Waals surface area (Å²) in [5.41, 5.74) is 6.49. The van der Waals surface area contributed by atoms with Gasteiger partial charge in [0.05, 0.1) is 10.2 Å². The highest BCUT2D eigenvalue weighted by molar-refractivity contribution is 7.22. The second-order valence-electron chi connectivity index (χ2n) is 11.9. The molecular formula is C42H24N4OS. The Morgan fingerprint density at radius 1 is 0.438 bits per heavy atom. The number of furan rings is 1. The van der Waals surface area contributed by atoms with Crippen LogP contribution in [-0.4, -0.2) is 19.9 Å². The highest BCUT2D eigenvalue weighted by Crippen LogP contribution is 2.39. The van der Waals surface area contributed by atoms with Crippen LogP contribution in [-0.2, 0) is 0 Å². The van der Waals surface area contributed by atoms with Gasteiger partial charge in [0, 0.05) is 38.4 Å². The number of thiazole rings is 1. The van der Waals surface area contributed by atoms with E-state index in [1.807, 2.05) is 36.4 Å². The molecule has 0 aliphatic rings. The zero-order chi connectivity index (χ0) is 31.6. The first-order valence-corrected chi connectivity index (χ1v) is 16.6. The number of aromatic nitrogens is 4. The molecule has 0 amide bonds. The highest BCUT2D eigenvalue weighted by atomic mass is 32.1. The summed E-state index contributed by atoms with van der Waals surface area (Å²) in [5.74, 6) is 1.83. The number of rotatable bonds is 4. The van der Waals surface area contributed by atoms with Crippen LogP contribution in [0.25, 0.3) is 98.4 Å². The van der Waals surface area contributed by atoms with Crippen molar-refractivity contribution in [1.29, 1.82) is 0 Å². The molecule has 0 radical (unpaired) electrons. The molecule has 5 nitrogen and oxygen atoms in total. The predicted molar refractivity (Wildman–Crippen MR) is 197 cm³/mol. The molecule has 0 aliphatic carbocycles. The first kappa shape index (κ1) is 26.9. The number of hydrogen-bond donors (Lipinski definition) is 0. The van der Waals surface area contributed by atoms with E-state index >= 15 is 0 Å². The molecule has 0 atom stereocenters. The van der Waals surface area contributed by atoms with Gasteiger partial charge in [-0.15, -0.1) is 11.3 Å². The van der Waals surface area contributed by atoms with Gasteiger partial charge in [-0.1, -0.05) is 115 Å². The molecule has 3 aromatic heterocycles. The van der Waals surface area contributed by atoms with Gasteiger partial charge in [-0.05, 0) is 46.5 Å². The van der Waals surface area contributed by atoms with Crippen molar-refractivity contribution >= 4 is 65.0 Å². The molecule has 0 fully saturated rings. The molecular weight excluding hydrogens is 609 g/mol. The summed E-state index contributed by atoms with van der Waals surface area (Å²) >= 11 is 1.71. The lowest BCUT2D eigenvalue weighted by Gasteiger charge is -2.10. The smallest absolute Gasteiger partial charge is 0.164 e. The second-order valence-corrected chi connectivity index (χ2v) is 12.9. The Bertz CT molecular complexity index is 2860. The average molecular weight is 633 g/mol. The quantitative estimate of drug-likeness (QED) is 0.193. The zero-order valence-electron chi connectivity index (χ0n) is 25.5. The van der Waals surface area contributed by atoms with Crippen LogP contribution in [0.1, 0.15) is 0 Å². The van der Waals surface area contributed by atoms with Gasteiger partial charge in [-0.2, -0.15) is 0 Å². The molecule has 10 aromatic rings. The van der Waals surface area contributed by atoms with Crippen molar-refractivity contribution in [3.8, 4) is 44.7 Å². The Labute approximate surface area is 278 Å². The van der Waals surface area contributed by atoms with Crippen LogP contribution in [0.15, 0.2) is 150 Å². The number of nitrogens with zero attached hydrogens (tertiary/aromatic N) is 4. The Morgan fingerprint density at radius 2 is 1.12 bits per heavy atom. The minimum atomic E-state index is 0.600. The van der Waals surface area contributed by atoms with Crippen molar-refractivity contribution in [2.75, 3.05) is 0 Å². The molecule has 0 saturated carbocycles. The highest BCUT2D eigenvalue weighted by Gasteiger charge is 2.19. The van der Waals surface area contributed by atoms with E-state index in [4.69, 9.17) is 24.4 Å². The molecule has 48 heavy (non-hydrogen) atoms. The van der Waals surface area contributed by atoms with Gasteiger partial charge in [0.1, 0.15) is 16.2 Å². The Kier molecular flexibility index (Phi) is 5.98.